The van der Waals surface area contributed by atoms with Gasteiger partial charge in [-0.3, -0.25) is 9.59 Å². The molecule has 2 rings (SSSR count). The van der Waals surface area contributed by atoms with Crippen molar-refractivity contribution < 1.29 is 14.7 Å². The molecule has 0 aliphatic heterocycles. The Morgan fingerprint density at radius 2 is 2.15 bits per heavy atom. The number of carboxylic acid groups (broad SMARTS) is 1. The Morgan fingerprint density at radius 1 is 1.45 bits per heavy atom. The lowest BCUT2D eigenvalue weighted by molar-refractivity contribution is -0.144. The number of aliphatic carboxylic acids is 1. The number of nitrogens with one attached hydrogen (secondary N) is 1. The largest absolute Gasteiger partial charge is 0.481 e. The monoisotopic (exact) mass is 280 g/mol. The molecule has 0 aromatic carbocycles. The predicted molar refractivity (Wildman–Crippen MR) is 70.6 cm³/mol. The lowest BCUT2D eigenvalue weighted by Gasteiger charge is -2.26. The number of carbonyl (C=O) groups excluding carboxylic acids is 1. The van der Waals surface area contributed by atoms with E-state index in [1.165, 1.54) is 0 Å². The fourth-order valence-corrected chi connectivity index (χ4v) is 2.73. The molecule has 20 heavy (non-hydrogen) atoms. The van der Waals surface area contributed by atoms with E-state index >= 15 is 0 Å². The zero-order valence-corrected chi connectivity index (χ0v) is 11.7. The standard InChI is InChI=1S/C13H20N4O3/c1-8(11-16-14-7-17(11)2)15-12(18)9-4-3-5-10(6-9)13(19)20/h7-10H,3-6H2,1-2H3,(H,15,18)(H,19,20). The molecule has 2 N–H and O–H groups in total. The van der Waals surface area contributed by atoms with Crippen LogP contribution in [0.15, 0.2) is 6.33 Å². The van der Waals surface area contributed by atoms with E-state index in [-0.39, 0.29) is 17.9 Å². The minimum atomic E-state index is -0.802. The second-order valence-electron chi connectivity index (χ2n) is 5.43. The van der Waals surface area contributed by atoms with Gasteiger partial charge in [-0.25, -0.2) is 0 Å². The summed E-state index contributed by atoms with van der Waals surface area (Å²) >= 11 is 0. The van der Waals surface area contributed by atoms with E-state index in [4.69, 9.17) is 5.11 Å². The summed E-state index contributed by atoms with van der Waals surface area (Å²) in [6.07, 6.45) is 4.21. The van der Waals surface area contributed by atoms with Crippen LogP contribution in [0.5, 0.6) is 0 Å². The van der Waals surface area contributed by atoms with Crippen LogP contribution in [-0.2, 0) is 16.6 Å². The molecule has 110 valence electrons. The highest BCUT2D eigenvalue weighted by Crippen LogP contribution is 2.29. The molecule has 0 radical (unpaired) electrons. The van der Waals surface area contributed by atoms with Crippen molar-refractivity contribution in [3.05, 3.63) is 12.2 Å². The topological polar surface area (TPSA) is 97.1 Å². The van der Waals surface area contributed by atoms with Crippen molar-refractivity contribution in [1.29, 1.82) is 0 Å². The summed E-state index contributed by atoms with van der Waals surface area (Å²) in [6.45, 7) is 1.85. The molecular weight excluding hydrogens is 260 g/mol. The number of carboxylic acids is 1. The zero-order valence-electron chi connectivity index (χ0n) is 11.7. The highest BCUT2D eigenvalue weighted by Gasteiger charge is 2.31. The molecule has 1 aliphatic carbocycles. The molecule has 7 nitrogen and oxygen atoms in total. The van der Waals surface area contributed by atoms with E-state index in [9.17, 15) is 9.59 Å². The third-order valence-electron chi connectivity index (χ3n) is 3.89. The van der Waals surface area contributed by atoms with Gasteiger partial charge in [-0.2, -0.15) is 0 Å². The molecule has 0 bridgehead atoms. The average Bonchev–Trinajstić information content (AvgIpc) is 2.85. The Labute approximate surface area is 117 Å². The zero-order chi connectivity index (χ0) is 14.7. The van der Waals surface area contributed by atoms with Gasteiger partial charge < -0.3 is 15.0 Å². The van der Waals surface area contributed by atoms with E-state index in [2.05, 4.69) is 15.5 Å². The Bertz CT molecular complexity index is 500. The van der Waals surface area contributed by atoms with Gasteiger partial charge in [0.2, 0.25) is 5.91 Å². The van der Waals surface area contributed by atoms with Crippen LogP contribution in [-0.4, -0.2) is 31.7 Å². The van der Waals surface area contributed by atoms with E-state index in [0.29, 0.717) is 18.7 Å². The van der Waals surface area contributed by atoms with Gasteiger partial charge in [0.25, 0.3) is 0 Å². The number of carbonyl (C=O) groups is 2. The first-order chi connectivity index (χ1) is 9.49. The SMILES string of the molecule is CC(NC(=O)C1CCCC(C(=O)O)C1)c1nncn1C. The van der Waals surface area contributed by atoms with Gasteiger partial charge in [-0.15, -0.1) is 10.2 Å². The quantitative estimate of drug-likeness (QED) is 0.853. The van der Waals surface area contributed by atoms with Crippen LogP contribution in [0.25, 0.3) is 0 Å². The normalized spacial score (nSPS) is 24.1. The van der Waals surface area contributed by atoms with Crippen LogP contribution in [0.1, 0.15) is 44.5 Å². The molecule has 1 saturated carbocycles. The summed E-state index contributed by atoms with van der Waals surface area (Å²) < 4.78 is 1.76. The van der Waals surface area contributed by atoms with Gasteiger partial charge in [-0.1, -0.05) is 6.42 Å². The van der Waals surface area contributed by atoms with Crippen LogP contribution in [0.3, 0.4) is 0 Å². The molecule has 1 fully saturated rings. The van der Waals surface area contributed by atoms with Gasteiger partial charge in [-0.05, 0) is 26.2 Å². The molecule has 3 atom stereocenters. The molecule has 1 aromatic rings. The lowest BCUT2D eigenvalue weighted by atomic mass is 9.81. The molecule has 3 unspecified atom stereocenters. The Hall–Kier alpha value is -1.92. The summed E-state index contributed by atoms with van der Waals surface area (Å²) in [4.78, 5) is 23.2. The van der Waals surface area contributed by atoms with Crippen molar-refractivity contribution in [2.24, 2.45) is 18.9 Å². The van der Waals surface area contributed by atoms with Gasteiger partial charge in [0.15, 0.2) is 5.82 Å². The molecule has 7 heteroatoms. The van der Waals surface area contributed by atoms with Crippen molar-refractivity contribution in [1.82, 2.24) is 20.1 Å². The number of nitrogens with zero attached hydrogens (tertiary/aromatic N) is 3. The highest BCUT2D eigenvalue weighted by molar-refractivity contribution is 5.80. The van der Waals surface area contributed by atoms with Crippen LogP contribution >= 0.6 is 0 Å². The maximum absolute atomic E-state index is 12.2. The highest BCUT2D eigenvalue weighted by atomic mass is 16.4. The number of amides is 1. The molecule has 1 aliphatic rings. The fraction of sp³-hybridized carbons (Fsp3) is 0.692. The maximum Gasteiger partial charge on any atom is 0.306 e. The Morgan fingerprint density at radius 3 is 2.75 bits per heavy atom. The first-order valence-corrected chi connectivity index (χ1v) is 6.86. The number of aryl methyl sites for hydroxylation is 1. The van der Waals surface area contributed by atoms with Crippen molar-refractivity contribution in [3.63, 3.8) is 0 Å². The van der Waals surface area contributed by atoms with Crippen LogP contribution in [0.2, 0.25) is 0 Å². The summed E-state index contributed by atoms with van der Waals surface area (Å²) in [6, 6.07) is -0.236. The van der Waals surface area contributed by atoms with Gasteiger partial charge >= 0.3 is 5.97 Å². The predicted octanol–water partition coefficient (Wildman–Crippen LogP) is 0.883. The Kier molecular flexibility index (Phi) is 4.36. The van der Waals surface area contributed by atoms with E-state index < -0.39 is 11.9 Å². The minimum Gasteiger partial charge on any atom is -0.481 e. The van der Waals surface area contributed by atoms with Gasteiger partial charge in [0.1, 0.15) is 6.33 Å². The van der Waals surface area contributed by atoms with Gasteiger partial charge in [0, 0.05) is 13.0 Å². The average molecular weight is 280 g/mol. The first kappa shape index (κ1) is 14.5. The van der Waals surface area contributed by atoms with Crippen LogP contribution < -0.4 is 5.32 Å². The second kappa shape index (κ2) is 6.02. The summed E-state index contributed by atoms with van der Waals surface area (Å²) in [5.74, 6) is -0.829. The number of hydrogen-bond acceptors (Lipinski definition) is 4. The fourth-order valence-electron chi connectivity index (χ4n) is 2.73. The molecule has 0 saturated heterocycles. The van der Waals surface area contributed by atoms with Gasteiger partial charge in [0.05, 0.1) is 12.0 Å². The van der Waals surface area contributed by atoms with Crippen molar-refractivity contribution in [2.75, 3.05) is 0 Å². The van der Waals surface area contributed by atoms with Crippen LogP contribution in [0.4, 0.5) is 0 Å². The van der Waals surface area contributed by atoms with E-state index in [1.807, 2.05) is 14.0 Å². The van der Waals surface area contributed by atoms with E-state index in [1.54, 1.807) is 10.9 Å². The molecular formula is C13H20N4O3. The third-order valence-corrected chi connectivity index (χ3v) is 3.89. The molecule has 1 aromatic heterocycles. The second-order valence-corrected chi connectivity index (χ2v) is 5.43. The first-order valence-electron chi connectivity index (χ1n) is 6.86. The lowest BCUT2D eigenvalue weighted by Crippen LogP contribution is -2.37. The maximum atomic E-state index is 12.2. The minimum absolute atomic E-state index is 0.0912. The van der Waals surface area contributed by atoms with Crippen LogP contribution in [0, 0.1) is 11.8 Å². The van der Waals surface area contributed by atoms with Crippen molar-refractivity contribution in [3.8, 4) is 0 Å². The van der Waals surface area contributed by atoms with Crippen molar-refractivity contribution >= 4 is 11.9 Å². The van der Waals surface area contributed by atoms with Crippen molar-refractivity contribution in [2.45, 2.75) is 38.6 Å². The summed E-state index contributed by atoms with van der Waals surface area (Å²) in [5.41, 5.74) is 0. The number of aromatic nitrogens is 3. The summed E-state index contributed by atoms with van der Waals surface area (Å²) in [7, 11) is 1.82. The van der Waals surface area contributed by atoms with E-state index in [0.717, 1.165) is 12.8 Å². The molecule has 1 heterocycles. The smallest absolute Gasteiger partial charge is 0.306 e. The third kappa shape index (κ3) is 3.15. The Balaban J connectivity index is 1.94. The molecule has 1 amide bonds. The number of rotatable bonds is 4. The number of hydrogen-bond donors (Lipinski definition) is 2. The molecule has 0 spiro atoms. The summed E-state index contributed by atoms with van der Waals surface area (Å²) in [5, 5.41) is 19.7.